The molecular formula is C8H16O2. The van der Waals surface area contributed by atoms with Crippen LogP contribution >= 0.6 is 0 Å². The zero-order valence-corrected chi connectivity index (χ0v) is 6.67. The predicted octanol–water partition coefficient (Wildman–Crippen LogP) is 0.776. The Morgan fingerprint density at radius 1 is 1.60 bits per heavy atom. The Morgan fingerprint density at radius 2 is 2.20 bits per heavy atom. The number of rotatable bonds is 1. The van der Waals surface area contributed by atoms with Crippen molar-refractivity contribution in [1.29, 1.82) is 0 Å². The van der Waals surface area contributed by atoms with Crippen LogP contribution in [-0.2, 0) is 0 Å². The normalized spacial score (nSPS) is 48.0. The molecule has 2 nitrogen and oxygen atoms in total. The Labute approximate surface area is 61.9 Å². The van der Waals surface area contributed by atoms with Crippen molar-refractivity contribution in [3.63, 3.8) is 0 Å². The van der Waals surface area contributed by atoms with Gasteiger partial charge in [0.05, 0.1) is 5.60 Å². The first-order valence-corrected chi connectivity index (χ1v) is 3.91. The molecule has 0 spiro atoms. The number of aliphatic hydroxyl groups excluding tert-OH is 1. The first kappa shape index (κ1) is 8.02. The largest absolute Gasteiger partial charge is 0.396 e. The molecule has 0 amide bonds. The lowest BCUT2D eigenvalue weighted by atomic mass is 9.90. The summed E-state index contributed by atoms with van der Waals surface area (Å²) in [4.78, 5) is 0. The lowest BCUT2D eigenvalue weighted by Crippen LogP contribution is -2.30. The zero-order valence-electron chi connectivity index (χ0n) is 6.67. The van der Waals surface area contributed by atoms with E-state index in [4.69, 9.17) is 5.11 Å². The highest BCUT2D eigenvalue weighted by atomic mass is 16.3. The second-order valence-electron chi connectivity index (χ2n) is 3.63. The summed E-state index contributed by atoms with van der Waals surface area (Å²) in [6.45, 7) is 4.08. The monoisotopic (exact) mass is 144 g/mol. The molecule has 0 aliphatic heterocycles. The maximum atomic E-state index is 9.65. The molecule has 1 aliphatic rings. The predicted molar refractivity (Wildman–Crippen MR) is 39.6 cm³/mol. The minimum atomic E-state index is -0.534. The Balaban J connectivity index is 2.58. The van der Waals surface area contributed by atoms with Crippen LogP contribution in [0.25, 0.3) is 0 Å². The van der Waals surface area contributed by atoms with E-state index in [0.29, 0.717) is 5.92 Å². The Kier molecular flexibility index (Phi) is 2.02. The summed E-state index contributed by atoms with van der Waals surface area (Å²) in [5.74, 6) is 0.562. The van der Waals surface area contributed by atoms with Gasteiger partial charge in [0.2, 0.25) is 0 Å². The summed E-state index contributed by atoms with van der Waals surface area (Å²) >= 11 is 0. The highest BCUT2D eigenvalue weighted by Gasteiger charge is 2.40. The van der Waals surface area contributed by atoms with Crippen molar-refractivity contribution >= 4 is 0 Å². The van der Waals surface area contributed by atoms with E-state index < -0.39 is 5.60 Å². The first-order valence-electron chi connectivity index (χ1n) is 3.91. The molecule has 0 aromatic carbocycles. The van der Waals surface area contributed by atoms with Crippen LogP contribution in [-0.4, -0.2) is 22.4 Å². The van der Waals surface area contributed by atoms with Gasteiger partial charge in [-0.2, -0.15) is 0 Å². The van der Waals surface area contributed by atoms with Gasteiger partial charge in [-0.25, -0.2) is 0 Å². The van der Waals surface area contributed by atoms with Gasteiger partial charge in [-0.15, -0.1) is 0 Å². The quantitative estimate of drug-likeness (QED) is 0.571. The van der Waals surface area contributed by atoms with Gasteiger partial charge in [0.15, 0.2) is 0 Å². The fourth-order valence-electron chi connectivity index (χ4n) is 1.71. The van der Waals surface area contributed by atoms with Crippen molar-refractivity contribution in [3.05, 3.63) is 0 Å². The van der Waals surface area contributed by atoms with Crippen LogP contribution in [0.5, 0.6) is 0 Å². The molecule has 0 heterocycles. The average Bonchev–Trinajstić information content (AvgIpc) is 2.10. The Hall–Kier alpha value is -0.0800. The third-order valence-electron chi connectivity index (χ3n) is 2.94. The van der Waals surface area contributed by atoms with Gasteiger partial charge in [-0.05, 0) is 31.6 Å². The van der Waals surface area contributed by atoms with Crippen LogP contribution in [0.1, 0.15) is 26.7 Å². The van der Waals surface area contributed by atoms with E-state index in [9.17, 15) is 5.11 Å². The minimum Gasteiger partial charge on any atom is -0.396 e. The Morgan fingerprint density at radius 3 is 2.40 bits per heavy atom. The average molecular weight is 144 g/mol. The lowest BCUT2D eigenvalue weighted by Gasteiger charge is -2.24. The molecule has 0 aromatic heterocycles. The van der Waals surface area contributed by atoms with Crippen molar-refractivity contribution in [1.82, 2.24) is 0 Å². The van der Waals surface area contributed by atoms with E-state index in [0.717, 1.165) is 12.8 Å². The Bertz CT molecular complexity index is 120. The second kappa shape index (κ2) is 2.51. The van der Waals surface area contributed by atoms with E-state index >= 15 is 0 Å². The number of hydrogen-bond acceptors (Lipinski definition) is 2. The van der Waals surface area contributed by atoms with Crippen LogP contribution in [0, 0.1) is 11.8 Å². The topological polar surface area (TPSA) is 40.5 Å². The van der Waals surface area contributed by atoms with E-state index in [-0.39, 0.29) is 12.5 Å². The SMILES string of the molecule is CC1C(CO)CCC1(C)O. The van der Waals surface area contributed by atoms with Crippen molar-refractivity contribution in [3.8, 4) is 0 Å². The lowest BCUT2D eigenvalue weighted by molar-refractivity contribution is 0.0117. The standard InChI is InChI=1S/C8H16O2/c1-6-7(5-9)3-4-8(6,2)10/h6-7,9-10H,3-5H2,1-2H3. The van der Waals surface area contributed by atoms with Crippen LogP contribution in [0.15, 0.2) is 0 Å². The fraction of sp³-hybridized carbons (Fsp3) is 1.00. The molecule has 1 rings (SSSR count). The molecule has 0 aromatic rings. The van der Waals surface area contributed by atoms with Gasteiger partial charge in [-0.1, -0.05) is 6.92 Å². The molecule has 2 N–H and O–H groups in total. The summed E-state index contributed by atoms with van der Waals surface area (Å²) in [5, 5.41) is 18.5. The first-order chi connectivity index (χ1) is 4.58. The summed E-state index contributed by atoms with van der Waals surface area (Å²) < 4.78 is 0. The maximum Gasteiger partial charge on any atom is 0.0648 e. The van der Waals surface area contributed by atoms with E-state index in [1.165, 1.54) is 0 Å². The molecule has 60 valence electrons. The van der Waals surface area contributed by atoms with Crippen molar-refractivity contribution in [2.45, 2.75) is 32.3 Å². The van der Waals surface area contributed by atoms with Gasteiger partial charge in [-0.3, -0.25) is 0 Å². The second-order valence-corrected chi connectivity index (χ2v) is 3.63. The third-order valence-corrected chi connectivity index (χ3v) is 2.94. The van der Waals surface area contributed by atoms with Gasteiger partial charge in [0.1, 0.15) is 0 Å². The van der Waals surface area contributed by atoms with Crippen molar-refractivity contribution in [2.24, 2.45) is 11.8 Å². The smallest absolute Gasteiger partial charge is 0.0648 e. The number of aliphatic hydroxyl groups is 2. The minimum absolute atomic E-state index is 0.220. The third kappa shape index (κ3) is 1.18. The van der Waals surface area contributed by atoms with Crippen LogP contribution < -0.4 is 0 Å². The molecular weight excluding hydrogens is 128 g/mol. The van der Waals surface area contributed by atoms with E-state index in [2.05, 4.69) is 0 Å². The molecule has 1 aliphatic carbocycles. The highest BCUT2D eigenvalue weighted by molar-refractivity contribution is 4.90. The summed E-state index contributed by atoms with van der Waals surface area (Å²) in [5.41, 5.74) is -0.534. The summed E-state index contributed by atoms with van der Waals surface area (Å²) in [7, 11) is 0. The summed E-state index contributed by atoms with van der Waals surface area (Å²) in [6, 6.07) is 0. The summed E-state index contributed by atoms with van der Waals surface area (Å²) in [6.07, 6.45) is 1.80. The number of hydrogen-bond donors (Lipinski definition) is 2. The molecule has 1 saturated carbocycles. The van der Waals surface area contributed by atoms with Crippen LogP contribution in [0.2, 0.25) is 0 Å². The molecule has 0 bridgehead atoms. The van der Waals surface area contributed by atoms with Gasteiger partial charge in [0, 0.05) is 6.61 Å². The fourth-order valence-corrected chi connectivity index (χ4v) is 1.71. The van der Waals surface area contributed by atoms with E-state index in [1.54, 1.807) is 0 Å². The molecule has 3 unspecified atom stereocenters. The van der Waals surface area contributed by atoms with Gasteiger partial charge in [0.25, 0.3) is 0 Å². The van der Waals surface area contributed by atoms with Crippen molar-refractivity contribution < 1.29 is 10.2 Å². The van der Waals surface area contributed by atoms with E-state index in [1.807, 2.05) is 13.8 Å². The maximum absolute atomic E-state index is 9.65. The molecule has 2 heteroatoms. The zero-order chi connectivity index (χ0) is 7.78. The highest BCUT2D eigenvalue weighted by Crippen LogP contribution is 2.39. The van der Waals surface area contributed by atoms with Gasteiger partial charge >= 0.3 is 0 Å². The van der Waals surface area contributed by atoms with Crippen molar-refractivity contribution in [2.75, 3.05) is 6.61 Å². The molecule has 10 heavy (non-hydrogen) atoms. The molecule has 3 atom stereocenters. The van der Waals surface area contributed by atoms with Crippen LogP contribution in [0.4, 0.5) is 0 Å². The van der Waals surface area contributed by atoms with Crippen LogP contribution in [0.3, 0.4) is 0 Å². The molecule has 0 saturated heterocycles. The molecule has 1 fully saturated rings. The van der Waals surface area contributed by atoms with Gasteiger partial charge < -0.3 is 10.2 Å². The molecule has 0 radical (unpaired) electrons.